The Bertz CT molecular complexity index is 676. The lowest BCUT2D eigenvalue weighted by atomic mass is 10.0. The summed E-state index contributed by atoms with van der Waals surface area (Å²) < 4.78 is 13.0. The van der Waals surface area contributed by atoms with E-state index in [0.29, 0.717) is 11.2 Å². The highest BCUT2D eigenvalue weighted by molar-refractivity contribution is 5.81. The molecule has 4 atom stereocenters. The molecule has 0 amide bonds. The number of aromatic nitrogens is 4. The SMILES string of the molecule is Nc1ncnc2c1ncn2[C@@H]1O[C@@]2(CO)CO[C@@H]1[C@@H]2O. The van der Waals surface area contributed by atoms with Crippen LogP contribution in [-0.4, -0.2) is 60.8 Å². The van der Waals surface area contributed by atoms with E-state index in [1.54, 1.807) is 4.57 Å². The molecule has 4 N–H and O–H groups in total. The van der Waals surface area contributed by atoms with E-state index in [-0.39, 0.29) is 19.0 Å². The number of hydrogen-bond acceptors (Lipinski definition) is 8. The number of aliphatic hydroxyl groups is 2. The van der Waals surface area contributed by atoms with Crippen molar-refractivity contribution in [1.82, 2.24) is 19.5 Å². The topological polar surface area (TPSA) is 129 Å². The van der Waals surface area contributed by atoms with Crippen LogP contribution in [0.2, 0.25) is 0 Å². The first-order valence-corrected chi connectivity index (χ1v) is 6.18. The Kier molecular flexibility index (Phi) is 2.31. The fourth-order valence-corrected chi connectivity index (χ4v) is 2.81. The molecular formula is C11H13N5O4. The fourth-order valence-electron chi connectivity index (χ4n) is 2.81. The Morgan fingerprint density at radius 2 is 2.30 bits per heavy atom. The number of imidazole rings is 1. The molecule has 2 fully saturated rings. The van der Waals surface area contributed by atoms with E-state index in [1.165, 1.54) is 12.7 Å². The maximum Gasteiger partial charge on any atom is 0.167 e. The van der Waals surface area contributed by atoms with E-state index in [1.807, 2.05) is 0 Å². The Labute approximate surface area is 113 Å². The average Bonchev–Trinajstić information content (AvgIpc) is 3.10. The van der Waals surface area contributed by atoms with E-state index in [4.69, 9.17) is 15.2 Å². The molecule has 2 saturated heterocycles. The number of hydrogen-bond donors (Lipinski definition) is 3. The molecule has 0 unspecified atom stereocenters. The summed E-state index contributed by atoms with van der Waals surface area (Å²) in [5, 5.41) is 19.6. The molecule has 2 aliphatic heterocycles. The normalized spacial score (nSPS) is 36.0. The van der Waals surface area contributed by atoms with Crippen LogP contribution in [0, 0.1) is 0 Å². The van der Waals surface area contributed by atoms with Crippen molar-refractivity contribution < 1.29 is 19.7 Å². The summed E-state index contributed by atoms with van der Waals surface area (Å²) in [6.07, 6.45) is 0.778. The third kappa shape index (κ3) is 1.32. The molecule has 9 heteroatoms. The molecule has 2 aromatic heterocycles. The monoisotopic (exact) mass is 279 g/mol. The van der Waals surface area contributed by atoms with Crippen molar-refractivity contribution >= 4 is 17.0 Å². The zero-order valence-corrected chi connectivity index (χ0v) is 10.4. The Balaban J connectivity index is 1.80. The molecule has 2 aliphatic rings. The predicted molar refractivity (Wildman–Crippen MR) is 65.4 cm³/mol. The van der Waals surface area contributed by atoms with Gasteiger partial charge in [0, 0.05) is 0 Å². The summed E-state index contributed by atoms with van der Waals surface area (Å²) in [6.45, 7) is -0.152. The molecule has 2 aromatic rings. The quantitative estimate of drug-likeness (QED) is 0.601. The van der Waals surface area contributed by atoms with Crippen LogP contribution < -0.4 is 5.73 Å². The van der Waals surface area contributed by atoms with Gasteiger partial charge in [-0.3, -0.25) is 4.57 Å². The number of nitrogens with zero attached hydrogens (tertiary/aromatic N) is 4. The van der Waals surface area contributed by atoms with Gasteiger partial charge in [-0.2, -0.15) is 0 Å². The van der Waals surface area contributed by atoms with Gasteiger partial charge in [0.15, 0.2) is 17.7 Å². The second-order valence-corrected chi connectivity index (χ2v) is 5.03. The van der Waals surface area contributed by atoms with E-state index >= 15 is 0 Å². The Morgan fingerprint density at radius 1 is 1.45 bits per heavy atom. The van der Waals surface area contributed by atoms with Gasteiger partial charge < -0.3 is 25.4 Å². The summed E-state index contributed by atoms with van der Waals surface area (Å²) in [5.74, 6) is 0.273. The summed E-state index contributed by atoms with van der Waals surface area (Å²) in [5.41, 5.74) is 5.62. The number of rotatable bonds is 2. The van der Waals surface area contributed by atoms with Gasteiger partial charge in [-0.15, -0.1) is 0 Å². The number of fused-ring (bicyclic) bond motifs is 3. The lowest BCUT2D eigenvalue weighted by molar-refractivity contribution is -0.185. The van der Waals surface area contributed by atoms with Crippen LogP contribution in [0.3, 0.4) is 0 Å². The van der Waals surface area contributed by atoms with Crippen LogP contribution in [0.4, 0.5) is 5.82 Å². The minimum Gasteiger partial charge on any atom is -0.393 e. The van der Waals surface area contributed by atoms with Crippen LogP contribution in [0.25, 0.3) is 11.2 Å². The lowest BCUT2D eigenvalue weighted by Crippen LogP contribution is -2.44. The summed E-state index contributed by atoms with van der Waals surface area (Å²) in [6, 6.07) is 0. The van der Waals surface area contributed by atoms with Crippen LogP contribution in [0.5, 0.6) is 0 Å². The standard InChI is InChI=1S/C11H13N5O4/c12-8-5-9(14-3-13-8)16(4-15-5)10-6-7(18)11(1-17,20-10)2-19-6/h3-4,6-7,10,17-18H,1-2H2,(H2,12,13,14)/t6-,7+,10-,11+/m1/s1. The summed E-state index contributed by atoms with van der Waals surface area (Å²) in [7, 11) is 0. The van der Waals surface area contributed by atoms with Crippen molar-refractivity contribution in [3.05, 3.63) is 12.7 Å². The van der Waals surface area contributed by atoms with E-state index in [9.17, 15) is 10.2 Å². The van der Waals surface area contributed by atoms with Gasteiger partial charge in [0.2, 0.25) is 0 Å². The number of ether oxygens (including phenoxy) is 2. The average molecular weight is 279 g/mol. The lowest BCUT2D eigenvalue weighted by Gasteiger charge is -2.29. The summed E-state index contributed by atoms with van der Waals surface area (Å²) in [4.78, 5) is 12.2. The third-order valence-electron chi connectivity index (χ3n) is 3.94. The number of nitrogens with two attached hydrogens (primary N) is 1. The van der Waals surface area contributed by atoms with Gasteiger partial charge in [0.1, 0.15) is 29.7 Å². The second kappa shape index (κ2) is 3.85. The third-order valence-corrected chi connectivity index (χ3v) is 3.94. The molecule has 9 nitrogen and oxygen atoms in total. The molecular weight excluding hydrogens is 266 g/mol. The first-order valence-electron chi connectivity index (χ1n) is 6.18. The van der Waals surface area contributed by atoms with Crippen molar-refractivity contribution in [1.29, 1.82) is 0 Å². The molecule has 0 spiro atoms. The van der Waals surface area contributed by atoms with Crippen molar-refractivity contribution in [3.63, 3.8) is 0 Å². The van der Waals surface area contributed by atoms with Gasteiger partial charge in [-0.25, -0.2) is 15.0 Å². The van der Waals surface area contributed by atoms with Crippen LogP contribution in [0.15, 0.2) is 12.7 Å². The largest absolute Gasteiger partial charge is 0.393 e. The van der Waals surface area contributed by atoms with E-state index in [0.717, 1.165) is 0 Å². The molecule has 0 saturated carbocycles. The Morgan fingerprint density at radius 3 is 3.05 bits per heavy atom. The van der Waals surface area contributed by atoms with E-state index < -0.39 is 24.0 Å². The van der Waals surface area contributed by atoms with Crippen molar-refractivity contribution in [2.45, 2.75) is 24.0 Å². The van der Waals surface area contributed by atoms with Gasteiger partial charge in [0.05, 0.1) is 19.5 Å². The first kappa shape index (κ1) is 12.0. The molecule has 20 heavy (non-hydrogen) atoms. The van der Waals surface area contributed by atoms with Crippen LogP contribution in [-0.2, 0) is 9.47 Å². The highest BCUT2D eigenvalue weighted by atomic mass is 16.7. The predicted octanol–water partition coefficient (Wildman–Crippen LogP) is -1.57. The van der Waals surface area contributed by atoms with Gasteiger partial charge >= 0.3 is 0 Å². The maximum atomic E-state index is 10.2. The molecule has 0 aromatic carbocycles. The van der Waals surface area contributed by atoms with Crippen molar-refractivity contribution in [2.75, 3.05) is 18.9 Å². The molecule has 106 valence electrons. The van der Waals surface area contributed by atoms with Gasteiger partial charge in [-0.1, -0.05) is 0 Å². The smallest absolute Gasteiger partial charge is 0.167 e. The number of aliphatic hydroxyl groups excluding tert-OH is 2. The summed E-state index contributed by atoms with van der Waals surface area (Å²) >= 11 is 0. The first-order chi connectivity index (χ1) is 9.66. The van der Waals surface area contributed by atoms with Gasteiger partial charge in [-0.05, 0) is 0 Å². The molecule has 0 aliphatic carbocycles. The van der Waals surface area contributed by atoms with E-state index in [2.05, 4.69) is 15.0 Å². The Hall–Kier alpha value is -1.81. The molecule has 4 rings (SSSR count). The van der Waals surface area contributed by atoms with Crippen molar-refractivity contribution in [2.24, 2.45) is 0 Å². The zero-order chi connectivity index (χ0) is 13.9. The van der Waals surface area contributed by atoms with Crippen LogP contribution in [0.1, 0.15) is 6.23 Å². The maximum absolute atomic E-state index is 10.2. The minimum absolute atomic E-state index is 0.162. The second-order valence-electron chi connectivity index (χ2n) is 5.03. The molecule has 4 heterocycles. The molecule has 2 bridgehead atoms. The fraction of sp³-hybridized carbons (Fsp3) is 0.545. The number of nitrogen functional groups attached to an aromatic ring is 1. The molecule has 0 radical (unpaired) electrons. The van der Waals surface area contributed by atoms with Gasteiger partial charge in [0.25, 0.3) is 0 Å². The highest BCUT2D eigenvalue weighted by Crippen LogP contribution is 2.45. The minimum atomic E-state index is -1.08. The van der Waals surface area contributed by atoms with Crippen LogP contribution >= 0.6 is 0 Å². The highest BCUT2D eigenvalue weighted by Gasteiger charge is 2.61. The zero-order valence-electron chi connectivity index (χ0n) is 10.4. The number of anilines is 1. The van der Waals surface area contributed by atoms with Crippen molar-refractivity contribution in [3.8, 4) is 0 Å².